The number of carbonyl (C=O) groups is 2. The minimum atomic E-state index is -1.08. The van der Waals surface area contributed by atoms with E-state index >= 15 is 0 Å². The van der Waals surface area contributed by atoms with Crippen molar-refractivity contribution >= 4 is 11.9 Å². The third kappa shape index (κ3) is 9.14. The number of carbonyl (C=O) groups excluding carboxylic acids is 2. The second-order valence-electron chi connectivity index (χ2n) is 3.56. The van der Waals surface area contributed by atoms with Crippen LogP contribution in [-0.2, 0) is 22.4 Å². The molecule has 6 heteroatoms. The van der Waals surface area contributed by atoms with Gasteiger partial charge >= 0.3 is 59.1 Å². The zero-order valence-corrected chi connectivity index (χ0v) is 14.8. The van der Waals surface area contributed by atoms with E-state index in [0.717, 1.165) is 11.1 Å². The van der Waals surface area contributed by atoms with Crippen LogP contribution in [0.5, 0.6) is 0 Å². The summed E-state index contributed by atoms with van der Waals surface area (Å²) in [6.07, 6.45) is 0.761. The van der Waals surface area contributed by atoms with Crippen molar-refractivity contribution in [3.63, 3.8) is 0 Å². The van der Waals surface area contributed by atoms with E-state index in [9.17, 15) is 19.8 Å². The molecule has 18 heavy (non-hydrogen) atoms. The Kier molecular flexibility index (Phi) is 12.5. The van der Waals surface area contributed by atoms with Gasteiger partial charge in [-0.05, 0) is 36.8 Å². The molecule has 1 aromatic rings. The van der Waals surface area contributed by atoms with E-state index in [0.29, 0.717) is 12.8 Å². The minimum Gasteiger partial charge on any atom is -0.550 e. The molecule has 0 bridgehead atoms. The smallest absolute Gasteiger partial charge is 0.550 e. The maximum Gasteiger partial charge on any atom is 1.00 e. The molecule has 0 radical (unpaired) electrons. The van der Waals surface area contributed by atoms with Crippen molar-refractivity contribution in [3.8, 4) is 0 Å². The van der Waals surface area contributed by atoms with Gasteiger partial charge in [0.05, 0.1) is 0 Å². The van der Waals surface area contributed by atoms with Crippen LogP contribution < -0.4 is 69.3 Å². The first-order valence-corrected chi connectivity index (χ1v) is 5.05. The SMILES string of the molecule is O=C([O-])CCc1cccc(CCC(=O)[O-])c1.[Na+].[Na+]. The van der Waals surface area contributed by atoms with Gasteiger partial charge in [0.2, 0.25) is 0 Å². The molecule has 0 amide bonds. The fourth-order valence-corrected chi connectivity index (χ4v) is 1.43. The van der Waals surface area contributed by atoms with E-state index in [1.54, 1.807) is 6.07 Å². The van der Waals surface area contributed by atoms with Crippen LogP contribution in [0.25, 0.3) is 0 Å². The molecular weight excluding hydrogens is 254 g/mol. The second-order valence-corrected chi connectivity index (χ2v) is 3.56. The van der Waals surface area contributed by atoms with Crippen molar-refractivity contribution < 1.29 is 78.9 Å². The average Bonchev–Trinajstić information content (AvgIpc) is 2.24. The largest absolute Gasteiger partial charge is 1.00 e. The Balaban J connectivity index is 0. The number of aliphatic carboxylic acids is 2. The topological polar surface area (TPSA) is 80.3 Å². The average molecular weight is 266 g/mol. The zero-order valence-electron chi connectivity index (χ0n) is 10.8. The predicted molar refractivity (Wildman–Crippen MR) is 53.1 cm³/mol. The summed E-state index contributed by atoms with van der Waals surface area (Å²) in [4.78, 5) is 20.6. The van der Waals surface area contributed by atoms with Crippen LogP contribution in [0, 0.1) is 0 Å². The Bertz CT molecular complexity index is 360. The van der Waals surface area contributed by atoms with Gasteiger partial charge in [0.1, 0.15) is 0 Å². The number of carboxylic acid groups (broad SMARTS) is 2. The van der Waals surface area contributed by atoms with Crippen LogP contribution in [0.3, 0.4) is 0 Å². The Morgan fingerprint density at radius 1 is 0.889 bits per heavy atom. The first-order valence-electron chi connectivity index (χ1n) is 5.05. The first kappa shape index (κ1) is 20.5. The molecule has 0 unspecified atom stereocenters. The van der Waals surface area contributed by atoms with Crippen molar-refractivity contribution in [1.29, 1.82) is 0 Å². The number of aryl methyl sites for hydroxylation is 2. The number of rotatable bonds is 6. The van der Waals surface area contributed by atoms with Gasteiger partial charge in [-0.3, -0.25) is 0 Å². The molecular formula is C12H12Na2O4. The summed E-state index contributed by atoms with van der Waals surface area (Å²) < 4.78 is 0. The molecule has 0 fully saturated rings. The van der Waals surface area contributed by atoms with Crippen LogP contribution in [0.15, 0.2) is 24.3 Å². The molecule has 0 heterocycles. The third-order valence-corrected chi connectivity index (χ3v) is 2.23. The number of hydrogen-bond donors (Lipinski definition) is 0. The van der Waals surface area contributed by atoms with Crippen LogP contribution in [-0.4, -0.2) is 11.9 Å². The monoisotopic (exact) mass is 266 g/mol. The standard InChI is InChI=1S/C12H14O4.2Na/c13-11(14)6-4-9-2-1-3-10(8-9)5-7-12(15)16;;/h1-3,8H,4-7H2,(H,13,14)(H,15,16);;/q;2*+1/p-2. The summed E-state index contributed by atoms with van der Waals surface area (Å²) in [7, 11) is 0. The molecule has 0 N–H and O–H groups in total. The molecule has 1 rings (SSSR count). The molecule has 0 aliphatic heterocycles. The third-order valence-electron chi connectivity index (χ3n) is 2.23. The van der Waals surface area contributed by atoms with Gasteiger partial charge in [0.15, 0.2) is 0 Å². The Morgan fingerprint density at radius 2 is 1.28 bits per heavy atom. The molecule has 0 saturated heterocycles. The van der Waals surface area contributed by atoms with E-state index in [4.69, 9.17) is 0 Å². The molecule has 1 aromatic carbocycles. The van der Waals surface area contributed by atoms with E-state index in [2.05, 4.69) is 0 Å². The fourth-order valence-electron chi connectivity index (χ4n) is 1.43. The molecule has 86 valence electrons. The number of hydrogen-bond acceptors (Lipinski definition) is 4. The van der Waals surface area contributed by atoms with Gasteiger partial charge in [-0.25, -0.2) is 0 Å². The Hall–Kier alpha value is 0.160. The molecule has 0 spiro atoms. The summed E-state index contributed by atoms with van der Waals surface area (Å²) in [5, 5.41) is 20.6. The summed E-state index contributed by atoms with van der Waals surface area (Å²) in [5.41, 5.74) is 1.75. The van der Waals surface area contributed by atoms with E-state index in [1.165, 1.54) is 0 Å². The molecule has 0 aliphatic rings. The number of carboxylic acids is 2. The van der Waals surface area contributed by atoms with Crippen molar-refractivity contribution in [2.45, 2.75) is 25.7 Å². The summed E-state index contributed by atoms with van der Waals surface area (Å²) in [6, 6.07) is 7.22. The van der Waals surface area contributed by atoms with Gasteiger partial charge in [-0.15, -0.1) is 0 Å². The van der Waals surface area contributed by atoms with Crippen LogP contribution >= 0.6 is 0 Å². The van der Waals surface area contributed by atoms with Crippen molar-refractivity contribution in [1.82, 2.24) is 0 Å². The van der Waals surface area contributed by atoms with Gasteiger partial charge in [0.25, 0.3) is 0 Å². The molecule has 0 aromatic heterocycles. The van der Waals surface area contributed by atoms with E-state index in [1.807, 2.05) is 18.2 Å². The summed E-state index contributed by atoms with van der Waals surface area (Å²) in [6.45, 7) is 0. The predicted octanol–water partition coefficient (Wildman–Crippen LogP) is -6.94. The molecule has 0 saturated carbocycles. The van der Waals surface area contributed by atoms with Gasteiger partial charge in [-0.1, -0.05) is 24.3 Å². The Morgan fingerprint density at radius 3 is 1.61 bits per heavy atom. The molecule has 0 atom stereocenters. The summed E-state index contributed by atoms with van der Waals surface area (Å²) in [5.74, 6) is -2.17. The maximum absolute atomic E-state index is 10.3. The quantitative estimate of drug-likeness (QED) is 0.479. The maximum atomic E-state index is 10.3. The molecule has 4 nitrogen and oxygen atoms in total. The van der Waals surface area contributed by atoms with Gasteiger partial charge < -0.3 is 19.8 Å². The van der Waals surface area contributed by atoms with Crippen LogP contribution in [0.2, 0.25) is 0 Å². The van der Waals surface area contributed by atoms with E-state index < -0.39 is 11.9 Å². The van der Waals surface area contributed by atoms with E-state index in [-0.39, 0.29) is 72.0 Å². The normalized spacial score (nSPS) is 8.89. The zero-order chi connectivity index (χ0) is 12.0. The van der Waals surface area contributed by atoms with Crippen LogP contribution in [0.1, 0.15) is 24.0 Å². The number of benzene rings is 1. The summed E-state index contributed by atoms with van der Waals surface area (Å²) >= 11 is 0. The van der Waals surface area contributed by atoms with Gasteiger partial charge in [-0.2, -0.15) is 0 Å². The molecule has 0 aliphatic carbocycles. The van der Waals surface area contributed by atoms with Crippen molar-refractivity contribution in [2.75, 3.05) is 0 Å². The van der Waals surface area contributed by atoms with Crippen molar-refractivity contribution in [3.05, 3.63) is 35.4 Å². The fraction of sp³-hybridized carbons (Fsp3) is 0.333. The van der Waals surface area contributed by atoms with Crippen molar-refractivity contribution in [2.24, 2.45) is 0 Å². The minimum absolute atomic E-state index is 0. The second kappa shape index (κ2) is 11.0. The van der Waals surface area contributed by atoms with Gasteiger partial charge in [0, 0.05) is 11.9 Å². The van der Waals surface area contributed by atoms with Crippen LogP contribution in [0.4, 0.5) is 0 Å². The Labute approximate surface area is 150 Å². The first-order chi connectivity index (χ1) is 7.58.